The van der Waals surface area contributed by atoms with Gasteiger partial charge in [0.05, 0.1) is 15.4 Å². The lowest BCUT2D eigenvalue weighted by Gasteiger charge is -2.13. The zero-order valence-corrected chi connectivity index (χ0v) is 20.8. The number of benzene rings is 4. The molecule has 0 fully saturated rings. The van der Waals surface area contributed by atoms with E-state index in [2.05, 4.69) is 10.3 Å². The van der Waals surface area contributed by atoms with E-state index >= 15 is 0 Å². The number of amides is 1. The number of sulfonamides is 1. The molecule has 196 valence electrons. The Kier molecular flexibility index (Phi) is 6.61. The molecular weight excluding hydrogens is 524 g/mol. The van der Waals surface area contributed by atoms with E-state index in [1.165, 1.54) is 42.5 Å². The van der Waals surface area contributed by atoms with E-state index in [1.54, 1.807) is 30.5 Å². The topological polar surface area (TPSA) is 164 Å². The number of aromatic nitrogens is 1. The van der Waals surface area contributed by atoms with Crippen LogP contribution in [-0.4, -0.2) is 29.3 Å². The van der Waals surface area contributed by atoms with Crippen LogP contribution in [0.5, 0.6) is 17.2 Å². The standard InChI is InChI=1S/C27H20N4O7S/c32-19-7-5-18(6-8-19)29-24-12-10-21(16-25(24)31(34)35)39(36,37)30-27(33)22-3-1-2-4-26(22)38-20-9-11-23-17(15-20)13-14-28-23/h1-16,28-29,32H,(H,30,33). The second-order valence-electron chi connectivity index (χ2n) is 8.37. The van der Waals surface area contributed by atoms with E-state index in [0.717, 1.165) is 23.0 Å². The van der Waals surface area contributed by atoms with Crippen LogP contribution in [0.2, 0.25) is 0 Å². The fourth-order valence-corrected chi connectivity index (χ4v) is 4.82. The summed E-state index contributed by atoms with van der Waals surface area (Å²) in [5.41, 5.74) is 0.789. The van der Waals surface area contributed by atoms with Crippen molar-refractivity contribution in [1.82, 2.24) is 9.71 Å². The van der Waals surface area contributed by atoms with Crippen molar-refractivity contribution in [2.24, 2.45) is 0 Å². The van der Waals surface area contributed by atoms with Crippen molar-refractivity contribution in [3.63, 3.8) is 0 Å². The molecule has 0 spiro atoms. The molecule has 11 nitrogen and oxygen atoms in total. The van der Waals surface area contributed by atoms with Gasteiger partial charge in [0.25, 0.3) is 21.6 Å². The zero-order chi connectivity index (χ0) is 27.6. The van der Waals surface area contributed by atoms with E-state index in [9.17, 15) is 28.4 Å². The Bertz CT molecular complexity index is 1820. The van der Waals surface area contributed by atoms with E-state index in [4.69, 9.17) is 4.74 Å². The summed E-state index contributed by atoms with van der Waals surface area (Å²) in [5.74, 6) is -0.389. The van der Waals surface area contributed by atoms with Gasteiger partial charge < -0.3 is 20.1 Å². The largest absolute Gasteiger partial charge is 0.508 e. The number of fused-ring (bicyclic) bond motifs is 1. The van der Waals surface area contributed by atoms with Gasteiger partial charge in [0, 0.05) is 28.9 Å². The third-order valence-corrected chi connectivity index (χ3v) is 7.06. The summed E-state index contributed by atoms with van der Waals surface area (Å²) in [7, 11) is -4.49. The average molecular weight is 545 g/mol. The first-order valence-corrected chi connectivity index (χ1v) is 12.9. The number of phenolic OH excluding ortho intramolecular Hbond substituents is 1. The van der Waals surface area contributed by atoms with Gasteiger partial charge in [-0.15, -0.1) is 0 Å². The predicted octanol–water partition coefficient (Wildman–Crippen LogP) is 5.44. The number of nitro benzene ring substituents is 1. The van der Waals surface area contributed by atoms with Gasteiger partial charge in [-0.2, -0.15) is 0 Å². The molecule has 0 saturated heterocycles. The Labute approximate surface area is 221 Å². The Morgan fingerprint density at radius 2 is 1.72 bits per heavy atom. The summed E-state index contributed by atoms with van der Waals surface area (Å²) in [6.45, 7) is 0. The van der Waals surface area contributed by atoms with E-state index in [1.807, 2.05) is 16.9 Å². The van der Waals surface area contributed by atoms with Gasteiger partial charge in [-0.05, 0) is 72.8 Å². The normalized spacial score (nSPS) is 11.2. The molecule has 4 aromatic carbocycles. The molecule has 0 aliphatic heterocycles. The highest BCUT2D eigenvalue weighted by Gasteiger charge is 2.25. The Morgan fingerprint density at radius 1 is 0.949 bits per heavy atom. The van der Waals surface area contributed by atoms with Gasteiger partial charge in [0.2, 0.25) is 0 Å². The molecule has 12 heteroatoms. The Hall–Kier alpha value is -5.36. The average Bonchev–Trinajstić information content (AvgIpc) is 3.38. The van der Waals surface area contributed by atoms with Crippen LogP contribution in [0.1, 0.15) is 10.4 Å². The van der Waals surface area contributed by atoms with Gasteiger partial charge in [-0.1, -0.05) is 12.1 Å². The molecule has 0 radical (unpaired) electrons. The Morgan fingerprint density at radius 3 is 2.49 bits per heavy atom. The summed E-state index contributed by atoms with van der Waals surface area (Å²) in [6.07, 6.45) is 1.78. The highest BCUT2D eigenvalue weighted by molar-refractivity contribution is 7.90. The molecule has 0 aliphatic carbocycles. The summed E-state index contributed by atoms with van der Waals surface area (Å²) in [6, 6.07) is 22.3. The second kappa shape index (κ2) is 10.2. The SMILES string of the molecule is O=C(NS(=O)(=O)c1ccc(Nc2ccc(O)cc2)c([N+](=O)[O-])c1)c1ccccc1Oc1ccc2[nH]ccc2c1. The monoisotopic (exact) mass is 544 g/mol. The quantitative estimate of drug-likeness (QED) is 0.114. The first kappa shape index (κ1) is 25.3. The number of hydrogen-bond acceptors (Lipinski definition) is 8. The van der Waals surface area contributed by atoms with Crippen LogP contribution in [0.15, 0.2) is 102 Å². The number of nitro groups is 1. The maximum absolute atomic E-state index is 13.0. The van der Waals surface area contributed by atoms with Crippen molar-refractivity contribution in [3.8, 4) is 17.2 Å². The highest BCUT2D eigenvalue weighted by Crippen LogP contribution is 2.32. The number of phenols is 1. The van der Waals surface area contributed by atoms with E-state index < -0.39 is 31.4 Å². The van der Waals surface area contributed by atoms with Crippen LogP contribution < -0.4 is 14.8 Å². The second-order valence-corrected chi connectivity index (χ2v) is 10.0. The van der Waals surface area contributed by atoms with Crippen molar-refractivity contribution in [3.05, 3.63) is 113 Å². The van der Waals surface area contributed by atoms with Crippen molar-refractivity contribution >= 4 is 43.9 Å². The van der Waals surface area contributed by atoms with Gasteiger partial charge >= 0.3 is 0 Å². The van der Waals surface area contributed by atoms with Gasteiger partial charge in [-0.3, -0.25) is 14.9 Å². The molecule has 5 aromatic rings. The predicted molar refractivity (Wildman–Crippen MR) is 144 cm³/mol. The number of nitrogens with one attached hydrogen (secondary N) is 3. The lowest BCUT2D eigenvalue weighted by atomic mass is 10.2. The molecule has 0 atom stereocenters. The number of H-pyrrole nitrogens is 1. The van der Waals surface area contributed by atoms with E-state index in [-0.39, 0.29) is 22.7 Å². The molecule has 39 heavy (non-hydrogen) atoms. The van der Waals surface area contributed by atoms with Crippen LogP contribution in [0.3, 0.4) is 0 Å². The molecule has 1 heterocycles. The van der Waals surface area contributed by atoms with Crippen molar-refractivity contribution in [2.75, 3.05) is 5.32 Å². The molecule has 0 aliphatic rings. The lowest BCUT2D eigenvalue weighted by Crippen LogP contribution is -2.30. The third-order valence-electron chi connectivity index (χ3n) is 5.73. The number of ether oxygens (including phenoxy) is 1. The number of hydrogen-bond donors (Lipinski definition) is 4. The number of aromatic amines is 1. The summed E-state index contributed by atoms with van der Waals surface area (Å²) < 4.78 is 33.9. The van der Waals surface area contributed by atoms with Crippen molar-refractivity contribution < 1.29 is 28.0 Å². The first-order chi connectivity index (χ1) is 18.7. The maximum atomic E-state index is 13.0. The number of carbonyl (C=O) groups is 1. The molecule has 4 N–H and O–H groups in total. The minimum atomic E-state index is -4.49. The van der Waals surface area contributed by atoms with Gasteiger partial charge in [-0.25, -0.2) is 13.1 Å². The summed E-state index contributed by atoms with van der Waals surface area (Å²) in [4.78, 5) is 26.6. The smallest absolute Gasteiger partial charge is 0.294 e. The number of anilines is 2. The van der Waals surface area contributed by atoms with Crippen LogP contribution in [-0.2, 0) is 10.0 Å². The first-order valence-electron chi connectivity index (χ1n) is 11.5. The third kappa shape index (κ3) is 5.50. The minimum Gasteiger partial charge on any atom is -0.508 e. The molecule has 5 rings (SSSR count). The number of carbonyl (C=O) groups excluding carboxylic acids is 1. The maximum Gasteiger partial charge on any atom is 0.294 e. The molecule has 0 bridgehead atoms. The molecule has 0 saturated carbocycles. The van der Waals surface area contributed by atoms with Gasteiger partial charge in [0.15, 0.2) is 0 Å². The summed E-state index contributed by atoms with van der Waals surface area (Å²) >= 11 is 0. The van der Waals surface area contributed by atoms with Crippen LogP contribution in [0.25, 0.3) is 10.9 Å². The summed E-state index contributed by atoms with van der Waals surface area (Å²) in [5, 5.41) is 24.8. The van der Waals surface area contributed by atoms with E-state index in [0.29, 0.717) is 11.4 Å². The molecule has 1 amide bonds. The fourth-order valence-electron chi connectivity index (χ4n) is 3.84. The number of rotatable bonds is 8. The van der Waals surface area contributed by atoms with Crippen LogP contribution >= 0.6 is 0 Å². The molecular formula is C27H20N4O7S. The zero-order valence-electron chi connectivity index (χ0n) is 20.0. The molecule has 0 unspecified atom stereocenters. The van der Waals surface area contributed by atoms with Crippen LogP contribution in [0.4, 0.5) is 17.1 Å². The highest BCUT2D eigenvalue weighted by atomic mass is 32.2. The Balaban J connectivity index is 1.39. The van der Waals surface area contributed by atoms with Crippen molar-refractivity contribution in [1.29, 1.82) is 0 Å². The van der Waals surface area contributed by atoms with Crippen molar-refractivity contribution in [2.45, 2.75) is 4.90 Å². The number of para-hydroxylation sites is 1. The van der Waals surface area contributed by atoms with Gasteiger partial charge in [0.1, 0.15) is 22.9 Å². The number of nitrogens with zero attached hydrogens (tertiary/aromatic N) is 1. The lowest BCUT2D eigenvalue weighted by molar-refractivity contribution is -0.384. The van der Waals surface area contributed by atoms with Crippen LogP contribution in [0, 0.1) is 10.1 Å². The fraction of sp³-hybridized carbons (Fsp3) is 0. The minimum absolute atomic E-state index is 0.0148. The molecule has 1 aromatic heterocycles. The number of aromatic hydroxyl groups is 1.